The Morgan fingerprint density at radius 3 is 1.50 bits per heavy atom. The van der Waals surface area contributed by atoms with Gasteiger partial charge in [0.2, 0.25) is 0 Å². The van der Waals surface area contributed by atoms with Gasteiger partial charge in [0.1, 0.15) is 23.0 Å². The molecule has 0 atom stereocenters. The van der Waals surface area contributed by atoms with E-state index in [1.165, 1.54) is 60.7 Å². The standard InChI is InChI=1S/C17H14O5/c18-13(5-1-11-3-7-14(19)9-16(11)21)6-2-12-4-8-15(20)10-17(12)22/h1-10,19-22H. The number of phenolic OH excluding ortho intramolecular Hbond substituents is 4. The highest BCUT2D eigenvalue weighted by Gasteiger charge is 2.01. The van der Waals surface area contributed by atoms with Crippen molar-refractivity contribution in [1.29, 1.82) is 0 Å². The zero-order chi connectivity index (χ0) is 16.1. The Kier molecular flexibility index (Phi) is 4.48. The summed E-state index contributed by atoms with van der Waals surface area (Å²) in [4.78, 5) is 11.7. The van der Waals surface area contributed by atoms with Crippen molar-refractivity contribution in [2.24, 2.45) is 0 Å². The maximum atomic E-state index is 11.7. The summed E-state index contributed by atoms with van der Waals surface area (Å²) < 4.78 is 0. The molecule has 0 aromatic heterocycles. The molecule has 0 heterocycles. The molecule has 5 nitrogen and oxygen atoms in total. The molecule has 0 fully saturated rings. The van der Waals surface area contributed by atoms with Gasteiger partial charge in [-0.1, -0.05) is 0 Å². The van der Waals surface area contributed by atoms with E-state index in [1.54, 1.807) is 0 Å². The van der Waals surface area contributed by atoms with Crippen LogP contribution in [0.25, 0.3) is 12.2 Å². The first-order valence-corrected chi connectivity index (χ1v) is 6.40. The fourth-order valence-corrected chi connectivity index (χ4v) is 1.75. The first-order chi connectivity index (χ1) is 10.5. The molecule has 112 valence electrons. The number of phenols is 4. The van der Waals surface area contributed by atoms with Crippen LogP contribution in [0, 0.1) is 0 Å². The second-order valence-electron chi connectivity index (χ2n) is 4.56. The molecule has 0 bridgehead atoms. The topological polar surface area (TPSA) is 98.0 Å². The number of hydrogen-bond donors (Lipinski definition) is 4. The molecule has 0 saturated carbocycles. The summed E-state index contributed by atoms with van der Waals surface area (Å²) in [6.45, 7) is 0. The summed E-state index contributed by atoms with van der Waals surface area (Å²) in [6, 6.07) is 8.10. The molecular formula is C17H14O5. The minimum atomic E-state index is -0.347. The van der Waals surface area contributed by atoms with Gasteiger partial charge in [-0.25, -0.2) is 0 Å². The Morgan fingerprint density at radius 2 is 1.14 bits per heavy atom. The fourth-order valence-electron chi connectivity index (χ4n) is 1.75. The summed E-state index contributed by atoms with van der Waals surface area (Å²) in [6.07, 6.45) is 5.33. The van der Waals surface area contributed by atoms with E-state index in [1.807, 2.05) is 0 Å². The van der Waals surface area contributed by atoms with E-state index in [0.717, 1.165) is 0 Å². The number of allylic oxidation sites excluding steroid dienone is 2. The molecule has 0 saturated heterocycles. The Balaban J connectivity index is 2.09. The van der Waals surface area contributed by atoms with Crippen LogP contribution in [0.4, 0.5) is 0 Å². The normalized spacial score (nSPS) is 11.3. The van der Waals surface area contributed by atoms with Gasteiger partial charge in [0.25, 0.3) is 0 Å². The predicted octanol–water partition coefficient (Wildman–Crippen LogP) is 2.80. The van der Waals surface area contributed by atoms with E-state index in [4.69, 9.17) is 10.2 Å². The van der Waals surface area contributed by atoms with Gasteiger partial charge in [-0.15, -0.1) is 0 Å². The average Bonchev–Trinajstić information content (AvgIpc) is 2.45. The van der Waals surface area contributed by atoms with Gasteiger partial charge in [0.05, 0.1) is 0 Å². The number of ketones is 1. The van der Waals surface area contributed by atoms with Crippen LogP contribution in [0.5, 0.6) is 23.0 Å². The van der Waals surface area contributed by atoms with Crippen molar-refractivity contribution in [3.8, 4) is 23.0 Å². The van der Waals surface area contributed by atoms with Crippen molar-refractivity contribution < 1.29 is 25.2 Å². The lowest BCUT2D eigenvalue weighted by atomic mass is 10.1. The van der Waals surface area contributed by atoms with Gasteiger partial charge in [-0.3, -0.25) is 4.79 Å². The van der Waals surface area contributed by atoms with Gasteiger partial charge in [0, 0.05) is 23.3 Å². The molecule has 4 N–H and O–H groups in total. The molecule has 0 aliphatic rings. The molecule has 2 aromatic rings. The van der Waals surface area contributed by atoms with Gasteiger partial charge in [0.15, 0.2) is 5.78 Å². The Bertz CT molecular complexity index is 696. The number of carbonyl (C=O) groups is 1. The molecule has 0 aliphatic carbocycles. The van der Waals surface area contributed by atoms with E-state index in [0.29, 0.717) is 11.1 Å². The average molecular weight is 298 g/mol. The molecule has 0 aliphatic heterocycles. The largest absolute Gasteiger partial charge is 0.508 e. The number of carbonyl (C=O) groups excluding carboxylic acids is 1. The molecule has 22 heavy (non-hydrogen) atoms. The first-order valence-electron chi connectivity index (χ1n) is 6.40. The monoisotopic (exact) mass is 298 g/mol. The molecule has 2 aromatic carbocycles. The van der Waals surface area contributed by atoms with Crippen LogP contribution in [0.2, 0.25) is 0 Å². The van der Waals surface area contributed by atoms with Crippen LogP contribution in [0.3, 0.4) is 0 Å². The molecule has 0 unspecified atom stereocenters. The molecule has 0 spiro atoms. The third-order valence-corrected chi connectivity index (χ3v) is 2.88. The van der Waals surface area contributed by atoms with Crippen molar-refractivity contribution in [3.63, 3.8) is 0 Å². The summed E-state index contributed by atoms with van der Waals surface area (Å²) in [5, 5.41) is 37.5. The third kappa shape index (κ3) is 3.89. The van der Waals surface area contributed by atoms with Crippen molar-refractivity contribution in [1.82, 2.24) is 0 Å². The Hall–Kier alpha value is -3.21. The lowest BCUT2D eigenvalue weighted by molar-refractivity contribution is -0.110. The van der Waals surface area contributed by atoms with Crippen LogP contribution >= 0.6 is 0 Å². The lowest BCUT2D eigenvalue weighted by Gasteiger charge is -1.99. The van der Waals surface area contributed by atoms with Crippen molar-refractivity contribution in [2.75, 3.05) is 0 Å². The Morgan fingerprint density at radius 1 is 0.727 bits per heavy atom. The van der Waals surface area contributed by atoms with Gasteiger partial charge < -0.3 is 20.4 Å². The second-order valence-corrected chi connectivity index (χ2v) is 4.56. The van der Waals surface area contributed by atoms with Crippen LogP contribution in [0.15, 0.2) is 48.6 Å². The quantitative estimate of drug-likeness (QED) is 0.651. The second kappa shape index (κ2) is 6.49. The summed E-state index contributed by atoms with van der Waals surface area (Å²) in [5.74, 6) is -0.749. The third-order valence-electron chi connectivity index (χ3n) is 2.88. The van der Waals surface area contributed by atoms with Gasteiger partial charge in [-0.05, 0) is 48.6 Å². The minimum Gasteiger partial charge on any atom is -0.508 e. The van der Waals surface area contributed by atoms with Crippen LogP contribution in [0.1, 0.15) is 11.1 Å². The van der Waals surface area contributed by atoms with Crippen LogP contribution < -0.4 is 0 Å². The molecule has 2 rings (SSSR count). The fraction of sp³-hybridized carbons (Fsp3) is 0. The predicted molar refractivity (Wildman–Crippen MR) is 82.6 cm³/mol. The number of hydrogen-bond acceptors (Lipinski definition) is 5. The van der Waals surface area contributed by atoms with Crippen molar-refractivity contribution in [3.05, 3.63) is 59.7 Å². The van der Waals surface area contributed by atoms with Gasteiger partial charge >= 0.3 is 0 Å². The number of rotatable bonds is 4. The van der Waals surface area contributed by atoms with E-state index in [9.17, 15) is 15.0 Å². The molecule has 0 amide bonds. The maximum Gasteiger partial charge on any atom is 0.178 e. The SMILES string of the molecule is O=C(C=Cc1ccc(O)cc1O)C=Cc1ccc(O)cc1O. The zero-order valence-electron chi connectivity index (χ0n) is 11.5. The number of aromatic hydroxyl groups is 4. The highest BCUT2D eigenvalue weighted by Crippen LogP contribution is 2.24. The number of benzene rings is 2. The van der Waals surface area contributed by atoms with Gasteiger partial charge in [-0.2, -0.15) is 0 Å². The van der Waals surface area contributed by atoms with Crippen molar-refractivity contribution >= 4 is 17.9 Å². The first kappa shape index (κ1) is 15.2. The van der Waals surface area contributed by atoms with E-state index >= 15 is 0 Å². The minimum absolute atomic E-state index is 0.0660. The lowest BCUT2D eigenvalue weighted by Crippen LogP contribution is -1.85. The van der Waals surface area contributed by atoms with E-state index in [-0.39, 0.29) is 28.8 Å². The maximum absolute atomic E-state index is 11.7. The van der Waals surface area contributed by atoms with Crippen molar-refractivity contribution in [2.45, 2.75) is 0 Å². The molecule has 5 heteroatoms. The molecule has 0 radical (unpaired) electrons. The molecular weight excluding hydrogens is 284 g/mol. The van der Waals surface area contributed by atoms with E-state index < -0.39 is 0 Å². The van der Waals surface area contributed by atoms with Crippen LogP contribution in [-0.4, -0.2) is 26.2 Å². The summed E-state index contributed by atoms with van der Waals surface area (Å²) in [7, 11) is 0. The summed E-state index contributed by atoms with van der Waals surface area (Å²) >= 11 is 0. The Labute approximate surface area is 126 Å². The van der Waals surface area contributed by atoms with Crippen LogP contribution in [-0.2, 0) is 4.79 Å². The highest BCUT2D eigenvalue weighted by molar-refractivity contribution is 6.04. The zero-order valence-corrected chi connectivity index (χ0v) is 11.5. The highest BCUT2D eigenvalue weighted by atomic mass is 16.3. The smallest absolute Gasteiger partial charge is 0.178 e. The summed E-state index contributed by atoms with van der Waals surface area (Å²) in [5.41, 5.74) is 0.791. The van der Waals surface area contributed by atoms with E-state index in [2.05, 4.69) is 0 Å².